The number of nitrogen functional groups attached to an aromatic ring is 1. The Morgan fingerprint density at radius 1 is 1.54 bits per heavy atom. The summed E-state index contributed by atoms with van der Waals surface area (Å²) in [7, 11) is 0. The van der Waals surface area contributed by atoms with Crippen LogP contribution in [-0.2, 0) is 9.47 Å². The molecular formula is C15H23N5O4. The van der Waals surface area contributed by atoms with Crippen molar-refractivity contribution < 1.29 is 14.6 Å². The number of aromatic amines is 1. The fourth-order valence-electron chi connectivity index (χ4n) is 2.84. The summed E-state index contributed by atoms with van der Waals surface area (Å²) < 4.78 is 13.1. The number of aliphatic hydroxyl groups excluding tert-OH is 1. The Kier molecular flexibility index (Phi) is 5.12. The third-order valence-corrected chi connectivity index (χ3v) is 4.14. The fraction of sp³-hybridized carbons (Fsp3) is 0.667. The molecular weight excluding hydrogens is 314 g/mol. The number of nitrogens with two attached hydrogens (primary N) is 1. The summed E-state index contributed by atoms with van der Waals surface area (Å²) in [6.07, 6.45) is 3.61. The van der Waals surface area contributed by atoms with Crippen molar-refractivity contribution in [3.63, 3.8) is 0 Å². The van der Waals surface area contributed by atoms with Crippen molar-refractivity contribution in [1.82, 2.24) is 19.5 Å². The van der Waals surface area contributed by atoms with Crippen LogP contribution in [-0.4, -0.2) is 50.0 Å². The van der Waals surface area contributed by atoms with Crippen LogP contribution in [0, 0.1) is 0 Å². The molecule has 3 atom stereocenters. The third-order valence-electron chi connectivity index (χ3n) is 4.14. The van der Waals surface area contributed by atoms with Crippen LogP contribution in [0.15, 0.2) is 11.1 Å². The van der Waals surface area contributed by atoms with Crippen molar-refractivity contribution in [3.8, 4) is 0 Å². The van der Waals surface area contributed by atoms with Crippen LogP contribution < -0.4 is 11.3 Å². The Balaban J connectivity index is 1.67. The maximum absolute atomic E-state index is 11.8. The van der Waals surface area contributed by atoms with Crippen LogP contribution >= 0.6 is 0 Å². The number of nitrogens with zero attached hydrogens (tertiary/aromatic N) is 3. The number of hydrogen-bond donors (Lipinski definition) is 3. The largest absolute Gasteiger partial charge is 0.390 e. The molecule has 1 saturated heterocycles. The first-order valence-corrected chi connectivity index (χ1v) is 8.23. The van der Waals surface area contributed by atoms with Gasteiger partial charge in [0.25, 0.3) is 5.56 Å². The fourth-order valence-corrected chi connectivity index (χ4v) is 2.84. The van der Waals surface area contributed by atoms with Gasteiger partial charge in [-0.3, -0.25) is 14.3 Å². The van der Waals surface area contributed by atoms with E-state index in [0.29, 0.717) is 25.3 Å². The molecule has 132 valence electrons. The average molecular weight is 337 g/mol. The summed E-state index contributed by atoms with van der Waals surface area (Å²) in [5.41, 5.74) is 5.74. The number of aliphatic hydroxyl groups is 1. The number of nitrogens with one attached hydrogen (secondary N) is 1. The van der Waals surface area contributed by atoms with Crippen LogP contribution in [0.4, 0.5) is 5.95 Å². The Bertz CT molecular complexity index is 743. The number of rotatable bonds is 7. The van der Waals surface area contributed by atoms with Gasteiger partial charge in [-0.05, 0) is 6.42 Å². The molecule has 4 N–H and O–H groups in total. The molecule has 0 spiro atoms. The van der Waals surface area contributed by atoms with Gasteiger partial charge in [-0.2, -0.15) is 4.98 Å². The zero-order valence-electron chi connectivity index (χ0n) is 13.6. The maximum atomic E-state index is 11.8. The molecule has 1 aliphatic rings. The van der Waals surface area contributed by atoms with Crippen LogP contribution in [0.3, 0.4) is 0 Å². The second-order valence-corrected chi connectivity index (χ2v) is 5.99. The van der Waals surface area contributed by atoms with Gasteiger partial charge >= 0.3 is 0 Å². The topological polar surface area (TPSA) is 128 Å². The van der Waals surface area contributed by atoms with Crippen molar-refractivity contribution >= 4 is 17.1 Å². The minimum absolute atomic E-state index is 0.0172. The zero-order chi connectivity index (χ0) is 17.1. The number of ether oxygens (including phenoxy) is 2. The molecule has 0 saturated carbocycles. The summed E-state index contributed by atoms with van der Waals surface area (Å²) in [5, 5.41) is 10.2. The minimum atomic E-state index is -0.641. The van der Waals surface area contributed by atoms with Crippen molar-refractivity contribution in [2.75, 3.05) is 18.9 Å². The van der Waals surface area contributed by atoms with Crippen molar-refractivity contribution in [1.29, 1.82) is 0 Å². The van der Waals surface area contributed by atoms with E-state index in [1.54, 1.807) is 4.57 Å². The molecule has 3 rings (SSSR count). The maximum Gasteiger partial charge on any atom is 0.280 e. The third kappa shape index (κ3) is 3.42. The highest BCUT2D eigenvalue weighted by atomic mass is 16.6. The smallest absolute Gasteiger partial charge is 0.280 e. The molecule has 9 nitrogen and oxygen atoms in total. The van der Waals surface area contributed by atoms with E-state index in [0.717, 1.165) is 19.3 Å². The summed E-state index contributed by atoms with van der Waals surface area (Å²) in [6, 6.07) is 0. The molecule has 0 unspecified atom stereocenters. The van der Waals surface area contributed by atoms with Gasteiger partial charge in [0.1, 0.15) is 12.3 Å². The molecule has 2 aromatic rings. The van der Waals surface area contributed by atoms with Gasteiger partial charge in [0.2, 0.25) is 5.95 Å². The highest BCUT2D eigenvalue weighted by molar-refractivity contribution is 5.70. The molecule has 0 bridgehead atoms. The zero-order valence-corrected chi connectivity index (χ0v) is 13.6. The Hall–Kier alpha value is -1.97. The lowest BCUT2D eigenvalue weighted by Gasteiger charge is -2.16. The predicted octanol–water partition coefficient (Wildman–Crippen LogP) is 0.557. The van der Waals surface area contributed by atoms with E-state index in [1.807, 2.05) is 0 Å². The molecule has 1 aliphatic heterocycles. The number of aromatic nitrogens is 4. The Morgan fingerprint density at radius 3 is 3.17 bits per heavy atom. The first-order chi connectivity index (χ1) is 11.6. The molecule has 0 aromatic carbocycles. The standard InChI is InChI=1S/C15H23N5O4/c1-2-3-4-5-23-7-10-9(21)6-11(24-10)20-8-17-12-13(20)18-15(16)19-14(12)22/h8-11,21H,2-7H2,1H3,(H3,16,18,19,22)/t9-,10+,11+/m0/s1. The monoisotopic (exact) mass is 337 g/mol. The van der Waals surface area contributed by atoms with Gasteiger partial charge in [-0.15, -0.1) is 0 Å². The van der Waals surface area contributed by atoms with E-state index in [-0.39, 0.29) is 11.5 Å². The van der Waals surface area contributed by atoms with Gasteiger partial charge in [0, 0.05) is 13.0 Å². The highest BCUT2D eigenvalue weighted by Gasteiger charge is 2.36. The van der Waals surface area contributed by atoms with E-state index in [4.69, 9.17) is 15.2 Å². The quantitative estimate of drug-likeness (QED) is 0.630. The van der Waals surface area contributed by atoms with Gasteiger partial charge in [-0.1, -0.05) is 19.8 Å². The Morgan fingerprint density at radius 2 is 2.38 bits per heavy atom. The lowest BCUT2D eigenvalue weighted by Crippen LogP contribution is -2.26. The summed E-state index contributed by atoms with van der Waals surface area (Å²) in [5.74, 6) is 0.0172. The van der Waals surface area contributed by atoms with Crippen LogP contribution in [0.25, 0.3) is 11.2 Å². The van der Waals surface area contributed by atoms with Gasteiger partial charge in [0.15, 0.2) is 11.2 Å². The van der Waals surface area contributed by atoms with Crippen LogP contribution in [0.1, 0.15) is 38.8 Å². The van der Waals surface area contributed by atoms with Crippen molar-refractivity contribution in [2.24, 2.45) is 0 Å². The molecule has 2 aromatic heterocycles. The molecule has 1 fully saturated rings. The van der Waals surface area contributed by atoms with E-state index in [2.05, 4.69) is 21.9 Å². The summed E-state index contributed by atoms with van der Waals surface area (Å²) in [6.45, 7) is 3.13. The molecule has 3 heterocycles. The number of hydrogen-bond acceptors (Lipinski definition) is 7. The first-order valence-electron chi connectivity index (χ1n) is 8.23. The number of fused-ring (bicyclic) bond motifs is 1. The Labute approximate surface area is 138 Å². The molecule has 9 heteroatoms. The predicted molar refractivity (Wildman–Crippen MR) is 87.4 cm³/mol. The number of H-pyrrole nitrogens is 1. The number of imidazole rings is 1. The van der Waals surface area contributed by atoms with Crippen molar-refractivity contribution in [3.05, 3.63) is 16.7 Å². The minimum Gasteiger partial charge on any atom is -0.390 e. The lowest BCUT2D eigenvalue weighted by molar-refractivity contribution is -0.0616. The molecule has 0 radical (unpaired) electrons. The second kappa shape index (κ2) is 7.29. The van der Waals surface area contributed by atoms with E-state index in [9.17, 15) is 9.90 Å². The van der Waals surface area contributed by atoms with Gasteiger partial charge in [0.05, 0.1) is 19.0 Å². The number of unbranched alkanes of at least 4 members (excludes halogenated alkanes) is 2. The molecule has 24 heavy (non-hydrogen) atoms. The normalized spacial score (nSPS) is 24.0. The van der Waals surface area contributed by atoms with Gasteiger partial charge < -0.3 is 20.3 Å². The molecule has 0 aliphatic carbocycles. The molecule has 0 amide bonds. The summed E-state index contributed by atoms with van der Waals surface area (Å²) >= 11 is 0. The second-order valence-electron chi connectivity index (χ2n) is 5.99. The van der Waals surface area contributed by atoms with E-state index < -0.39 is 24.0 Å². The van der Waals surface area contributed by atoms with Crippen LogP contribution in [0.2, 0.25) is 0 Å². The van der Waals surface area contributed by atoms with Gasteiger partial charge in [-0.25, -0.2) is 4.98 Å². The highest BCUT2D eigenvalue weighted by Crippen LogP contribution is 2.30. The first kappa shape index (κ1) is 16.9. The van der Waals surface area contributed by atoms with Crippen molar-refractivity contribution in [2.45, 2.75) is 51.0 Å². The lowest BCUT2D eigenvalue weighted by atomic mass is 10.2. The average Bonchev–Trinajstić information content (AvgIpc) is 3.11. The van der Waals surface area contributed by atoms with Crippen LogP contribution in [0.5, 0.6) is 0 Å². The van der Waals surface area contributed by atoms with E-state index >= 15 is 0 Å². The SMILES string of the molecule is CCCCCOC[C@H]1O[C@@H](n2cnc3c(=O)[nH]c(N)nc32)C[C@@H]1O. The van der Waals surface area contributed by atoms with E-state index in [1.165, 1.54) is 6.33 Å². The number of anilines is 1. The summed E-state index contributed by atoms with van der Waals surface area (Å²) in [4.78, 5) is 22.4.